The Morgan fingerprint density at radius 1 is 1.00 bits per heavy atom. The van der Waals surface area contributed by atoms with Gasteiger partial charge in [-0.25, -0.2) is 0 Å². The summed E-state index contributed by atoms with van der Waals surface area (Å²) in [4.78, 5) is 5.40. The van der Waals surface area contributed by atoms with Gasteiger partial charge in [0, 0.05) is 31.2 Å². The van der Waals surface area contributed by atoms with Crippen LogP contribution >= 0.6 is 0 Å². The lowest BCUT2D eigenvalue weighted by atomic mass is 9.95. The molecule has 0 bridgehead atoms. The zero-order valence-electron chi connectivity index (χ0n) is 11.0. The van der Waals surface area contributed by atoms with Gasteiger partial charge in [0.1, 0.15) is 0 Å². The van der Waals surface area contributed by atoms with Gasteiger partial charge in [0.2, 0.25) is 0 Å². The minimum atomic E-state index is -0.0309. The van der Waals surface area contributed by atoms with Crippen molar-refractivity contribution in [3.05, 3.63) is 0 Å². The minimum absolute atomic E-state index is 0.0309. The number of aliphatic hydroxyl groups excluding tert-OH is 1. The predicted octanol–water partition coefficient (Wildman–Crippen LogP) is 1.46. The van der Waals surface area contributed by atoms with Crippen LogP contribution in [0.5, 0.6) is 0 Å². The van der Waals surface area contributed by atoms with Crippen molar-refractivity contribution in [1.82, 2.24) is 9.80 Å². The molecule has 3 aliphatic rings. The lowest BCUT2D eigenvalue weighted by molar-refractivity contribution is -0.00885. The highest BCUT2D eigenvalue weighted by atomic mass is 16.3. The SMILES string of the molecule is CC1CN2CCCCC2CN1C1CCC(O)C1. The van der Waals surface area contributed by atoms with Crippen LogP contribution in [0.2, 0.25) is 0 Å². The van der Waals surface area contributed by atoms with Crippen LogP contribution in [0.1, 0.15) is 45.4 Å². The van der Waals surface area contributed by atoms with E-state index in [0.29, 0.717) is 12.1 Å². The summed E-state index contributed by atoms with van der Waals surface area (Å²) in [6.45, 7) is 6.18. The van der Waals surface area contributed by atoms with Crippen LogP contribution in [0.4, 0.5) is 0 Å². The maximum absolute atomic E-state index is 9.71. The average molecular weight is 238 g/mol. The van der Waals surface area contributed by atoms with E-state index in [2.05, 4.69) is 16.7 Å². The maximum Gasteiger partial charge on any atom is 0.0555 e. The first kappa shape index (κ1) is 11.9. The molecule has 2 saturated heterocycles. The molecule has 0 aromatic heterocycles. The van der Waals surface area contributed by atoms with Gasteiger partial charge in [0.15, 0.2) is 0 Å². The molecule has 17 heavy (non-hydrogen) atoms. The summed E-state index contributed by atoms with van der Waals surface area (Å²) in [7, 11) is 0. The predicted molar refractivity (Wildman–Crippen MR) is 69.0 cm³/mol. The molecule has 3 nitrogen and oxygen atoms in total. The van der Waals surface area contributed by atoms with Crippen LogP contribution in [0.3, 0.4) is 0 Å². The fraction of sp³-hybridized carbons (Fsp3) is 1.00. The van der Waals surface area contributed by atoms with Gasteiger partial charge in [0.05, 0.1) is 6.10 Å². The molecule has 4 atom stereocenters. The Morgan fingerprint density at radius 2 is 1.88 bits per heavy atom. The largest absolute Gasteiger partial charge is 0.393 e. The van der Waals surface area contributed by atoms with E-state index in [1.807, 2.05) is 0 Å². The number of nitrogens with zero attached hydrogens (tertiary/aromatic N) is 2. The Bertz CT molecular complexity index is 271. The first-order valence-electron chi connectivity index (χ1n) is 7.42. The van der Waals surface area contributed by atoms with Crippen molar-refractivity contribution < 1.29 is 5.11 Å². The van der Waals surface area contributed by atoms with E-state index in [1.54, 1.807) is 0 Å². The van der Waals surface area contributed by atoms with Crippen LogP contribution in [-0.2, 0) is 0 Å². The molecular weight excluding hydrogens is 212 g/mol. The van der Waals surface area contributed by atoms with Gasteiger partial charge in [-0.3, -0.25) is 9.80 Å². The van der Waals surface area contributed by atoms with Gasteiger partial charge in [-0.2, -0.15) is 0 Å². The second-order valence-corrected chi connectivity index (χ2v) is 6.31. The van der Waals surface area contributed by atoms with Gasteiger partial charge >= 0.3 is 0 Å². The zero-order valence-corrected chi connectivity index (χ0v) is 11.0. The fourth-order valence-electron chi connectivity index (χ4n) is 4.12. The van der Waals surface area contributed by atoms with Gasteiger partial charge < -0.3 is 5.11 Å². The molecule has 0 amide bonds. The smallest absolute Gasteiger partial charge is 0.0555 e. The van der Waals surface area contributed by atoms with E-state index in [-0.39, 0.29) is 6.10 Å². The van der Waals surface area contributed by atoms with Crippen molar-refractivity contribution >= 4 is 0 Å². The van der Waals surface area contributed by atoms with Gasteiger partial charge in [-0.05, 0) is 45.6 Å². The van der Waals surface area contributed by atoms with Crippen molar-refractivity contribution in [3.8, 4) is 0 Å². The Morgan fingerprint density at radius 3 is 2.65 bits per heavy atom. The summed E-state index contributed by atoms with van der Waals surface area (Å²) in [5, 5.41) is 9.71. The van der Waals surface area contributed by atoms with Crippen molar-refractivity contribution in [3.63, 3.8) is 0 Å². The molecule has 3 rings (SSSR count). The molecule has 0 radical (unpaired) electrons. The number of hydrogen-bond donors (Lipinski definition) is 1. The Kier molecular flexibility index (Phi) is 3.42. The number of rotatable bonds is 1. The third-order valence-corrected chi connectivity index (χ3v) is 5.08. The highest BCUT2D eigenvalue weighted by Gasteiger charge is 2.38. The molecular formula is C14H26N2O. The average Bonchev–Trinajstić information content (AvgIpc) is 2.75. The third-order valence-electron chi connectivity index (χ3n) is 5.08. The minimum Gasteiger partial charge on any atom is -0.393 e. The molecule has 2 heterocycles. The molecule has 3 heteroatoms. The lowest BCUT2D eigenvalue weighted by Crippen LogP contribution is -2.60. The summed E-state index contributed by atoms with van der Waals surface area (Å²) >= 11 is 0. The number of piperazine rings is 1. The first-order valence-corrected chi connectivity index (χ1v) is 7.42. The van der Waals surface area contributed by atoms with Crippen LogP contribution < -0.4 is 0 Å². The molecule has 0 spiro atoms. The summed E-state index contributed by atoms with van der Waals surface area (Å²) in [6, 6.07) is 2.14. The van der Waals surface area contributed by atoms with E-state index in [9.17, 15) is 5.11 Å². The second kappa shape index (κ2) is 4.87. The summed E-state index contributed by atoms with van der Waals surface area (Å²) < 4.78 is 0. The Balaban J connectivity index is 1.65. The van der Waals surface area contributed by atoms with Gasteiger partial charge in [0.25, 0.3) is 0 Å². The molecule has 98 valence electrons. The van der Waals surface area contributed by atoms with E-state index in [0.717, 1.165) is 18.9 Å². The maximum atomic E-state index is 9.71. The van der Waals surface area contributed by atoms with Crippen molar-refractivity contribution in [2.75, 3.05) is 19.6 Å². The summed E-state index contributed by atoms with van der Waals surface area (Å²) in [5.74, 6) is 0. The number of piperidine rings is 1. The molecule has 1 N–H and O–H groups in total. The van der Waals surface area contributed by atoms with Gasteiger partial charge in [-0.1, -0.05) is 6.42 Å². The zero-order chi connectivity index (χ0) is 11.8. The van der Waals surface area contributed by atoms with Crippen LogP contribution in [-0.4, -0.2) is 58.8 Å². The lowest BCUT2D eigenvalue weighted by Gasteiger charge is -2.49. The normalized spacial score (nSPS) is 44.8. The van der Waals surface area contributed by atoms with E-state index in [1.165, 1.54) is 45.3 Å². The topological polar surface area (TPSA) is 26.7 Å². The number of fused-ring (bicyclic) bond motifs is 1. The third kappa shape index (κ3) is 2.38. The van der Waals surface area contributed by atoms with Crippen molar-refractivity contribution in [2.45, 2.75) is 69.7 Å². The van der Waals surface area contributed by atoms with E-state index in [4.69, 9.17) is 0 Å². The number of aliphatic hydroxyl groups is 1. The molecule has 3 fully saturated rings. The Hall–Kier alpha value is -0.120. The summed E-state index contributed by atoms with van der Waals surface area (Å²) in [6.07, 6.45) is 7.40. The molecule has 0 aromatic rings. The van der Waals surface area contributed by atoms with Crippen LogP contribution in [0, 0.1) is 0 Å². The monoisotopic (exact) mass is 238 g/mol. The summed E-state index contributed by atoms with van der Waals surface area (Å²) in [5.41, 5.74) is 0. The molecule has 1 aliphatic carbocycles. The highest BCUT2D eigenvalue weighted by molar-refractivity contribution is 4.94. The first-order chi connectivity index (χ1) is 8.24. The standard InChI is InChI=1S/C14H26N2O/c1-11-9-15-7-3-2-4-13(15)10-16(11)12-5-6-14(17)8-12/h11-14,17H,2-10H2,1H3. The second-order valence-electron chi connectivity index (χ2n) is 6.31. The van der Waals surface area contributed by atoms with Crippen LogP contribution in [0.15, 0.2) is 0 Å². The molecule has 1 saturated carbocycles. The van der Waals surface area contributed by atoms with E-state index >= 15 is 0 Å². The quantitative estimate of drug-likeness (QED) is 0.749. The molecule has 2 aliphatic heterocycles. The fourth-order valence-corrected chi connectivity index (χ4v) is 4.12. The molecule has 4 unspecified atom stereocenters. The molecule has 0 aromatic carbocycles. The number of hydrogen-bond acceptors (Lipinski definition) is 3. The Labute approximate surface area is 105 Å². The van der Waals surface area contributed by atoms with Crippen molar-refractivity contribution in [2.24, 2.45) is 0 Å². The van der Waals surface area contributed by atoms with E-state index < -0.39 is 0 Å². The van der Waals surface area contributed by atoms with Gasteiger partial charge in [-0.15, -0.1) is 0 Å². The van der Waals surface area contributed by atoms with Crippen molar-refractivity contribution in [1.29, 1.82) is 0 Å². The van der Waals surface area contributed by atoms with Crippen LogP contribution in [0.25, 0.3) is 0 Å². The highest BCUT2D eigenvalue weighted by Crippen LogP contribution is 2.31.